The number of carbonyl (C=O) groups excluding carboxylic acids is 1. The van der Waals surface area contributed by atoms with Crippen molar-refractivity contribution in [2.45, 2.75) is 26.5 Å². The molecule has 32 heavy (non-hydrogen) atoms. The Labute approximate surface area is 185 Å². The Kier molecular flexibility index (Phi) is 6.55. The summed E-state index contributed by atoms with van der Waals surface area (Å²) in [7, 11) is 0. The zero-order valence-corrected chi connectivity index (χ0v) is 17.7. The quantitative estimate of drug-likeness (QED) is 0.446. The van der Waals surface area contributed by atoms with Gasteiger partial charge in [0, 0.05) is 5.69 Å². The Bertz CT molecular complexity index is 1170. The van der Waals surface area contributed by atoms with Gasteiger partial charge in [-0.2, -0.15) is 0 Å². The Morgan fingerprint density at radius 2 is 1.69 bits per heavy atom. The molecule has 1 N–H and O–H groups in total. The molecule has 0 unspecified atom stereocenters. The molecule has 0 radical (unpaired) electrons. The van der Waals surface area contributed by atoms with Crippen molar-refractivity contribution in [3.05, 3.63) is 107 Å². The summed E-state index contributed by atoms with van der Waals surface area (Å²) < 4.78 is 20.5. The zero-order valence-electron chi connectivity index (χ0n) is 17.7. The van der Waals surface area contributed by atoms with Gasteiger partial charge in [0.15, 0.2) is 0 Å². The van der Waals surface area contributed by atoms with E-state index in [2.05, 4.69) is 15.6 Å². The summed E-state index contributed by atoms with van der Waals surface area (Å²) >= 11 is 0. The fourth-order valence-corrected chi connectivity index (χ4v) is 3.21. The van der Waals surface area contributed by atoms with Crippen molar-refractivity contribution in [1.82, 2.24) is 15.0 Å². The van der Waals surface area contributed by atoms with E-state index in [9.17, 15) is 9.18 Å². The van der Waals surface area contributed by atoms with Crippen molar-refractivity contribution < 1.29 is 13.9 Å². The summed E-state index contributed by atoms with van der Waals surface area (Å²) in [4.78, 5) is 12.5. The van der Waals surface area contributed by atoms with Crippen LogP contribution in [-0.4, -0.2) is 20.9 Å². The SMILES string of the molecule is Cc1c(CC(=O)Nc2ccc(OCc3ccccc3)cc2)nnn1Cc1ccc(F)cc1. The molecule has 0 aliphatic heterocycles. The minimum Gasteiger partial charge on any atom is -0.489 e. The lowest BCUT2D eigenvalue weighted by atomic mass is 10.2. The molecule has 0 saturated carbocycles. The van der Waals surface area contributed by atoms with Crippen LogP contribution >= 0.6 is 0 Å². The van der Waals surface area contributed by atoms with Gasteiger partial charge in [-0.25, -0.2) is 9.07 Å². The summed E-state index contributed by atoms with van der Waals surface area (Å²) in [6, 6.07) is 23.4. The van der Waals surface area contributed by atoms with Gasteiger partial charge in [-0.3, -0.25) is 4.79 Å². The molecule has 1 heterocycles. The van der Waals surface area contributed by atoms with Crippen LogP contribution < -0.4 is 10.1 Å². The monoisotopic (exact) mass is 430 g/mol. The molecule has 4 rings (SSSR count). The first-order valence-electron chi connectivity index (χ1n) is 10.3. The minimum absolute atomic E-state index is 0.113. The highest BCUT2D eigenvalue weighted by Gasteiger charge is 2.13. The van der Waals surface area contributed by atoms with E-state index in [1.54, 1.807) is 28.9 Å². The van der Waals surface area contributed by atoms with E-state index in [1.165, 1.54) is 12.1 Å². The molecule has 3 aromatic carbocycles. The normalized spacial score (nSPS) is 10.7. The van der Waals surface area contributed by atoms with Crippen LogP contribution in [0.3, 0.4) is 0 Å². The van der Waals surface area contributed by atoms with Crippen LogP contribution in [0.1, 0.15) is 22.5 Å². The Morgan fingerprint density at radius 1 is 0.969 bits per heavy atom. The van der Waals surface area contributed by atoms with Gasteiger partial charge in [0.25, 0.3) is 0 Å². The minimum atomic E-state index is -0.280. The third kappa shape index (κ3) is 5.57. The molecule has 0 atom stereocenters. The third-order valence-corrected chi connectivity index (χ3v) is 5.04. The van der Waals surface area contributed by atoms with Gasteiger partial charge >= 0.3 is 0 Å². The summed E-state index contributed by atoms with van der Waals surface area (Å²) in [5.74, 6) is 0.267. The van der Waals surface area contributed by atoms with Crippen molar-refractivity contribution in [3.63, 3.8) is 0 Å². The van der Waals surface area contributed by atoms with Gasteiger partial charge in [0.2, 0.25) is 5.91 Å². The van der Waals surface area contributed by atoms with Gasteiger partial charge in [-0.05, 0) is 54.4 Å². The molecular formula is C25H23FN4O2. The van der Waals surface area contributed by atoms with Crippen LogP contribution in [0.25, 0.3) is 0 Å². The molecule has 0 bridgehead atoms. The van der Waals surface area contributed by atoms with E-state index < -0.39 is 0 Å². The third-order valence-electron chi connectivity index (χ3n) is 5.04. The Balaban J connectivity index is 1.30. The molecule has 7 heteroatoms. The van der Waals surface area contributed by atoms with Crippen LogP contribution in [-0.2, 0) is 24.4 Å². The number of hydrogen-bond acceptors (Lipinski definition) is 4. The molecule has 0 aliphatic carbocycles. The summed E-state index contributed by atoms with van der Waals surface area (Å²) in [5, 5.41) is 11.1. The fraction of sp³-hybridized carbons (Fsp3) is 0.160. The maximum absolute atomic E-state index is 13.1. The van der Waals surface area contributed by atoms with Crippen molar-refractivity contribution in [1.29, 1.82) is 0 Å². The highest BCUT2D eigenvalue weighted by molar-refractivity contribution is 5.92. The second-order valence-electron chi connectivity index (χ2n) is 7.43. The van der Waals surface area contributed by atoms with E-state index in [0.717, 1.165) is 22.6 Å². The maximum Gasteiger partial charge on any atom is 0.230 e. The predicted octanol–water partition coefficient (Wildman–Crippen LogP) is 4.53. The number of nitrogens with one attached hydrogen (secondary N) is 1. The number of amides is 1. The summed E-state index contributed by atoms with van der Waals surface area (Å²) in [5.41, 5.74) is 4.08. The number of ether oxygens (including phenoxy) is 1. The maximum atomic E-state index is 13.1. The molecule has 1 amide bonds. The molecule has 0 fully saturated rings. The summed E-state index contributed by atoms with van der Waals surface area (Å²) in [6.07, 6.45) is 0.113. The molecule has 0 aliphatic rings. The lowest BCUT2D eigenvalue weighted by Gasteiger charge is -2.08. The molecule has 6 nitrogen and oxygen atoms in total. The van der Waals surface area contributed by atoms with Crippen LogP contribution in [0, 0.1) is 12.7 Å². The van der Waals surface area contributed by atoms with Crippen molar-refractivity contribution in [2.24, 2.45) is 0 Å². The van der Waals surface area contributed by atoms with Gasteiger partial charge in [-0.15, -0.1) is 5.10 Å². The molecule has 0 spiro atoms. The number of halogens is 1. The molecule has 4 aromatic rings. The number of hydrogen-bond donors (Lipinski definition) is 1. The zero-order chi connectivity index (χ0) is 22.3. The van der Waals surface area contributed by atoms with E-state index in [4.69, 9.17) is 4.74 Å². The summed E-state index contributed by atoms with van der Waals surface area (Å²) in [6.45, 7) is 2.82. The van der Waals surface area contributed by atoms with Gasteiger partial charge in [0.1, 0.15) is 18.2 Å². The molecule has 0 saturated heterocycles. The molecule has 162 valence electrons. The highest BCUT2D eigenvalue weighted by Crippen LogP contribution is 2.18. The van der Waals surface area contributed by atoms with Gasteiger partial charge < -0.3 is 10.1 Å². The topological polar surface area (TPSA) is 69.0 Å². The van der Waals surface area contributed by atoms with E-state index in [1.807, 2.05) is 49.4 Å². The Morgan fingerprint density at radius 3 is 2.41 bits per heavy atom. The van der Waals surface area contributed by atoms with Crippen LogP contribution in [0.15, 0.2) is 78.9 Å². The number of aromatic nitrogens is 3. The van der Waals surface area contributed by atoms with Crippen LogP contribution in [0.5, 0.6) is 5.75 Å². The van der Waals surface area contributed by atoms with Gasteiger partial charge in [0.05, 0.1) is 24.4 Å². The average molecular weight is 430 g/mol. The largest absolute Gasteiger partial charge is 0.489 e. The number of benzene rings is 3. The average Bonchev–Trinajstić information content (AvgIpc) is 3.14. The first-order chi connectivity index (χ1) is 15.6. The number of carbonyl (C=O) groups is 1. The lowest BCUT2D eigenvalue weighted by molar-refractivity contribution is -0.115. The van der Waals surface area contributed by atoms with E-state index in [0.29, 0.717) is 24.5 Å². The second kappa shape index (κ2) is 9.87. The van der Waals surface area contributed by atoms with Crippen LogP contribution in [0.2, 0.25) is 0 Å². The first kappa shape index (κ1) is 21.2. The van der Waals surface area contributed by atoms with Crippen molar-refractivity contribution in [3.8, 4) is 5.75 Å². The number of rotatable bonds is 8. The number of anilines is 1. The van der Waals surface area contributed by atoms with Gasteiger partial charge in [-0.1, -0.05) is 47.7 Å². The Hall–Kier alpha value is -4.00. The smallest absolute Gasteiger partial charge is 0.230 e. The van der Waals surface area contributed by atoms with E-state index in [-0.39, 0.29) is 18.1 Å². The standard InChI is InChI=1S/C25H23FN4O2/c1-18-24(28-29-30(18)16-19-7-9-21(26)10-8-19)15-25(31)27-22-11-13-23(14-12-22)32-17-20-5-3-2-4-6-20/h2-14H,15-17H2,1H3,(H,27,31). The van der Waals surface area contributed by atoms with Crippen LogP contribution in [0.4, 0.5) is 10.1 Å². The highest BCUT2D eigenvalue weighted by atomic mass is 19.1. The number of nitrogens with zero attached hydrogens (tertiary/aromatic N) is 3. The first-order valence-corrected chi connectivity index (χ1v) is 10.3. The van der Waals surface area contributed by atoms with E-state index >= 15 is 0 Å². The predicted molar refractivity (Wildman–Crippen MR) is 120 cm³/mol. The van der Waals surface area contributed by atoms with Crippen molar-refractivity contribution in [2.75, 3.05) is 5.32 Å². The fourth-order valence-electron chi connectivity index (χ4n) is 3.21. The molecular weight excluding hydrogens is 407 g/mol. The second-order valence-corrected chi connectivity index (χ2v) is 7.43. The lowest BCUT2D eigenvalue weighted by Crippen LogP contribution is -2.15. The van der Waals surface area contributed by atoms with Crippen molar-refractivity contribution >= 4 is 11.6 Å². The molecule has 1 aromatic heterocycles.